The van der Waals surface area contributed by atoms with Crippen molar-refractivity contribution >= 4 is 39.1 Å². The van der Waals surface area contributed by atoms with Crippen LogP contribution in [-0.4, -0.2) is 47.7 Å². The highest BCUT2D eigenvalue weighted by molar-refractivity contribution is 8.00. The van der Waals surface area contributed by atoms with Gasteiger partial charge in [-0.1, -0.05) is 0 Å². The maximum Gasteiger partial charge on any atom is 0.270 e. The van der Waals surface area contributed by atoms with Crippen LogP contribution in [0.15, 0.2) is 22.5 Å². The molecule has 3 saturated heterocycles. The molecule has 1 unspecified atom stereocenters. The number of nitrogens with one attached hydrogen (secondary N) is 1. The minimum Gasteiger partial charge on any atom is -0.346 e. The van der Waals surface area contributed by atoms with Crippen molar-refractivity contribution in [2.24, 2.45) is 5.92 Å². The minimum atomic E-state index is -0.0280. The number of pyridine rings is 1. The number of carbonyl (C=O) groups excluding carboxylic acids is 1. The SMILES string of the molecule is CSc1cc2cnc(C(=O)NC3CN4CCC3CC4)cc2s1. The Balaban J connectivity index is 1.52. The first kappa shape index (κ1) is 14.5. The number of aromatic nitrogens is 1. The molecule has 1 N–H and O–H groups in total. The van der Waals surface area contributed by atoms with Crippen molar-refractivity contribution in [3.05, 3.63) is 24.0 Å². The van der Waals surface area contributed by atoms with Crippen molar-refractivity contribution in [2.75, 3.05) is 25.9 Å². The van der Waals surface area contributed by atoms with Crippen molar-refractivity contribution in [2.45, 2.75) is 23.1 Å². The van der Waals surface area contributed by atoms with Gasteiger partial charge in [0.05, 0.1) is 4.21 Å². The second-order valence-corrected chi connectivity index (χ2v) is 8.29. The summed E-state index contributed by atoms with van der Waals surface area (Å²) in [5.74, 6) is 0.613. The third-order valence-electron chi connectivity index (χ3n) is 4.79. The van der Waals surface area contributed by atoms with Gasteiger partial charge >= 0.3 is 0 Å². The molecule has 3 aliphatic heterocycles. The number of rotatable bonds is 3. The molecule has 0 aromatic carbocycles. The summed E-state index contributed by atoms with van der Waals surface area (Å²) in [6.45, 7) is 3.37. The van der Waals surface area contributed by atoms with Crippen LogP contribution in [0.5, 0.6) is 0 Å². The Morgan fingerprint density at radius 3 is 2.91 bits per heavy atom. The van der Waals surface area contributed by atoms with E-state index in [-0.39, 0.29) is 11.9 Å². The fourth-order valence-electron chi connectivity index (χ4n) is 3.50. The van der Waals surface area contributed by atoms with Gasteiger partial charge in [-0.05, 0) is 50.2 Å². The van der Waals surface area contributed by atoms with Gasteiger partial charge in [0.1, 0.15) is 5.69 Å². The van der Waals surface area contributed by atoms with Crippen LogP contribution in [-0.2, 0) is 0 Å². The number of carbonyl (C=O) groups is 1. The molecule has 1 atom stereocenters. The van der Waals surface area contributed by atoms with Gasteiger partial charge in [0.15, 0.2) is 0 Å². The van der Waals surface area contributed by atoms with E-state index in [0.717, 1.165) is 16.6 Å². The van der Waals surface area contributed by atoms with Gasteiger partial charge in [-0.25, -0.2) is 0 Å². The zero-order chi connectivity index (χ0) is 15.1. The second-order valence-electron chi connectivity index (χ2n) is 6.09. The minimum absolute atomic E-state index is 0.0280. The first-order valence-corrected chi connectivity index (χ1v) is 9.74. The molecule has 3 aliphatic rings. The van der Waals surface area contributed by atoms with Crippen molar-refractivity contribution in [3.63, 3.8) is 0 Å². The van der Waals surface area contributed by atoms with E-state index in [4.69, 9.17) is 0 Å². The molecule has 6 heteroatoms. The van der Waals surface area contributed by atoms with E-state index in [0.29, 0.717) is 11.6 Å². The van der Waals surface area contributed by atoms with Crippen LogP contribution in [0.4, 0.5) is 0 Å². The molecule has 0 aliphatic carbocycles. The van der Waals surface area contributed by atoms with Crippen molar-refractivity contribution < 1.29 is 4.79 Å². The van der Waals surface area contributed by atoms with Gasteiger partial charge in [-0.15, -0.1) is 23.1 Å². The quantitative estimate of drug-likeness (QED) is 0.878. The van der Waals surface area contributed by atoms with Crippen LogP contribution in [0.3, 0.4) is 0 Å². The fraction of sp³-hybridized carbons (Fsp3) is 0.500. The summed E-state index contributed by atoms with van der Waals surface area (Å²) in [5.41, 5.74) is 0.540. The van der Waals surface area contributed by atoms with Gasteiger partial charge in [0.25, 0.3) is 5.91 Å². The number of hydrogen-bond acceptors (Lipinski definition) is 5. The zero-order valence-corrected chi connectivity index (χ0v) is 14.2. The second kappa shape index (κ2) is 5.83. The van der Waals surface area contributed by atoms with Crippen molar-refractivity contribution in [1.82, 2.24) is 15.2 Å². The van der Waals surface area contributed by atoms with Crippen LogP contribution in [0, 0.1) is 5.92 Å². The first-order valence-electron chi connectivity index (χ1n) is 7.70. The smallest absolute Gasteiger partial charge is 0.270 e. The Morgan fingerprint density at radius 1 is 1.41 bits per heavy atom. The standard InChI is InChI=1S/C16H19N3OS2/c1-21-15-6-11-8-17-12(7-14(11)22-15)16(20)18-13-9-19-4-2-10(13)3-5-19/h6-8,10,13H,2-5,9H2,1H3,(H,18,20). The lowest BCUT2D eigenvalue weighted by atomic mass is 9.84. The normalized spacial score (nSPS) is 27.2. The summed E-state index contributed by atoms with van der Waals surface area (Å²) in [4.78, 5) is 19.3. The fourth-order valence-corrected chi connectivity index (χ4v) is 5.15. The van der Waals surface area contributed by atoms with Crippen LogP contribution in [0.2, 0.25) is 0 Å². The van der Waals surface area contributed by atoms with Crippen molar-refractivity contribution in [3.8, 4) is 0 Å². The number of piperidine rings is 3. The molecule has 5 rings (SSSR count). The molecular weight excluding hydrogens is 314 g/mol. The largest absolute Gasteiger partial charge is 0.346 e. The summed E-state index contributed by atoms with van der Waals surface area (Å²) >= 11 is 3.45. The van der Waals surface area contributed by atoms with Gasteiger partial charge in [-0.2, -0.15) is 0 Å². The molecule has 2 aromatic rings. The number of fused-ring (bicyclic) bond motifs is 4. The zero-order valence-electron chi connectivity index (χ0n) is 12.5. The van der Waals surface area contributed by atoms with E-state index in [1.165, 1.54) is 30.1 Å². The third kappa shape index (κ3) is 2.64. The number of nitrogens with zero attached hydrogens (tertiary/aromatic N) is 2. The first-order chi connectivity index (χ1) is 10.7. The van der Waals surface area contributed by atoms with E-state index in [1.807, 2.05) is 12.3 Å². The van der Waals surface area contributed by atoms with Gasteiger partial charge in [-0.3, -0.25) is 9.78 Å². The van der Waals surface area contributed by atoms with E-state index in [9.17, 15) is 4.79 Å². The number of amides is 1. The summed E-state index contributed by atoms with van der Waals surface area (Å²) in [6, 6.07) is 4.35. The van der Waals surface area contributed by atoms with Gasteiger partial charge in [0, 0.05) is 28.9 Å². The van der Waals surface area contributed by atoms with Crippen molar-refractivity contribution in [1.29, 1.82) is 0 Å². The predicted molar refractivity (Wildman–Crippen MR) is 91.8 cm³/mol. The average Bonchev–Trinajstić information content (AvgIpc) is 2.98. The van der Waals surface area contributed by atoms with Crippen LogP contribution < -0.4 is 5.32 Å². The monoisotopic (exact) mass is 333 g/mol. The molecule has 5 heterocycles. The molecule has 2 aromatic heterocycles. The molecule has 0 saturated carbocycles. The molecule has 4 nitrogen and oxygen atoms in total. The Labute approximate surface area is 138 Å². The maximum atomic E-state index is 12.5. The highest BCUT2D eigenvalue weighted by atomic mass is 32.2. The van der Waals surface area contributed by atoms with E-state index in [2.05, 4.69) is 27.5 Å². The molecule has 116 valence electrons. The molecular formula is C16H19N3OS2. The Bertz CT molecular complexity index is 706. The van der Waals surface area contributed by atoms with Crippen LogP contribution in [0.25, 0.3) is 10.1 Å². The molecule has 22 heavy (non-hydrogen) atoms. The Morgan fingerprint density at radius 2 is 2.23 bits per heavy atom. The Hall–Kier alpha value is -1.11. The lowest BCUT2D eigenvalue weighted by Crippen LogP contribution is -2.57. The summed E-state index contributed by atoms with van der Waals surface area (Å²) in [5, 5.41) is 4.33. The van der Waals surface area contributed by atoms with E-state index >= 15 is 0 Å². The molecule has 2 bridgehead atoms. The Kier molecular flexibility index (Phi) is 3.84. The lowest BCUT2D eigenvalue weighted by molar-refractivity contribution is 0.0618. The third-order valence-corrected chi connectivity index (χ3v) is 6.95. The van der Waals surface area contributed by atoms with Crippen LogP contribution >= 0.6 is 23.1 Å². The summed E-state index contributed by atoms with van der Waals surface area (Å²) < 4.78 is 2.39. The van der Waals surface area contributed by atoms with E-state index < -0.39 is 0 Å². The predicted octanol–water partition coefficient (Wildman–Crippen LogP) is 2.84. The maximum absolute atomic E-state index is 12.5. The topological polar surface area (TPSA) is 45.2 Å². The molecule has 0 radical (unpaired) electrons. The van der Waals surface area contributed by atoms with Gasteiger partial charge in [0.2, 0.25) is 0 Å². The lowest BCUT2D eigenvalue weighted by Gasteiger charge is -2.44. The van der Waals surface area contributed by atoms with Gasteiger partial charge < -0.3 is 10.2 Å². The van der Waals surface area contributed by atoms with E-state index in [1.54, 1.807) is 23.1 Å². The highest BCUT2D eigenvalue weighted by Crippen LogP contribution is 2.32. The molecule has 0 spiro atoms. The number of thioether (sulfide) groups is 1. The highest BCUT2D eigenvalue weighted by Gasteiger charge is 2.35. The number of hydrogen-bond donors (Lipinski definition) is 1. The number of thiophene rings is 1. The summed E-state index contributed by atoms with van der Waals surface area (Å²) in [6.07, 6.45) is 6.30. The molecule has 3 fully saturated rings. The summed E-state index contributed by atoms with van der Waals surface area (Å²) in [7, 11) is 0. The van der Waals surface area contributed by atoms with Crippen LogP contribution in [0.1, 0.15) is 23.3 Å². The molecule has 1 amide bonds. The average molecular weight is 333 g/mol.